The smallest absolute Gasteiger partial charge is 0.353 e. The summed E-state index contributed by atoms with van der Waals surface area (Å²) in [5.74, 6) is -0.377. The number of nitrogens with two attached hydrogens (primary N) is 1. The lowest BCUT2D eigenvalue weighted by atomic mass is 9.83. The summed E-state index contributed by atoms with van der Waals surface area (Å²) >= 11 is 0. The summed E-state index contributed by atoms with van der Waals surface area (Å²) in [6.07, 6.45) is -4.45. The van der Waals surface area contributed by atoms with Gasteiger partial charge in [0.05, 0.1) is 11.0 Å². The number of nitrogens with one attached hydrogen (secondary N) is 1. The highest BCUT2D eigenvalue weighted by molar-refractivity contribution is 5.87. The van der Waals surface area contributed by atoms with Gasteiger partial charge in [-0.15, -0.1) is 12.4 Å². The Labute approximate surface area is 157 Å². The lowest BCUT2D eigenvalue weighted by molar-refractivity contribution is -0.137. The molecule has 3 nitrogen and oxygen atoms in total. The van der Waals surface area contributed by atoms with E-state index in [4.69, 9.17) is 5.73 Å². The number of halogens is 4. The molecule has 0 aliphatic carbocycles. The van der Waals surface area contributed by atoms with Crippen LogP contribution < -0.4 is 11.1 Å². The molecule has 0 spiro atoms. The van der Waals surface area contributed by atoms with Crippen LogP contribution in [-0.2, 0) is 16.4 Å². The largest absolute Gasteiger partial charge is 0.416 e. The van der Waals surface area contributed by atoms with Crippen molar-refractivity contribution in [3.63, 3.8) is 0 Å². The zero-order valence-corrected chi connectivity index (χ0v) is 15.3. The van der Waals surface area contributed by atoms with Gasteiger partial charge in [0, 0.05) is 12.6 Å². The van der Waals surface area contributed by atoms with Crippen LogP contribution in [0.1, 0.15) is 36.6 Å². The third-order valence-electron chi connectivity index (χ3n) is 4.19. The average molecular weight is 387 g/mol. The number of benzene rings is 2. The molecule has 2 rings (SSSR count). The second kappa shape index (κ2) is 8.56. The number of carbonyl (C=O) groups is 1. The van der Waals surface area contributed by atoms with Crippen molar-refractivity contribution in [3.8, 4) is 0 Å². The molecule has 2 aromatic rings. The summed E-state index contributed by atoms with van der Waals surface area (Å²) in [5.41, 5.74) is 5.33. The topological polar surface area (TPSA) is 55.1 Å². The zero-order valence-electron chi connectivity index (χ0n) is 14.5. The van der Waals surface area contributed by atoms with E-state index < -0.39 is 17.2 Å². The van der Waals surface area contributed by atoms with Crippen molar-refractivity contribution in [2.45, 2.75) is 31.5 Å². The fourth-order valence-corrected chi connectivity index (χ4v) is 2.46. The van der Waals surface area contributed by atoms with E-state index in [1.54, 1.807) is 13.8 Å². The molecule has 0 radical (unpaired) electrons. The zero-order chi connectivity index (χ0) is 18.7. The molecule has 0 saturated carbocycles. The summed E-state index contributed by atoms with van der Waals surface area (Å²) in [4.78, 5) is 12.5. The predicted octanol–water partition coefficient (Wildman–Crippen LogP) is 4.22. The van der Waals surface area contributed by atoms with Crippen LogP contribution in [0.4, 0.5) is 13.2 Å². The first kappa shape index (κ1) is 22.0. The number of alkyl halides is 3. The third-order valence-corrected chi connectivity index (χ3v) is 4.19. The molecular formula is C19H22ClF3N2O. The molecule has 0 aromatic heterocycles. The summed E-state index contributed by atoms with van der Waals surface area (Å²) in [5, 5.41) is 2.73. The molecule has 0 saturated heterocycles. The van der Waals surface area contributed by atoms with Gasteiger partial charge in [-0.05, 0) is 31.0 Å². The van der Waals surface area contributed by atoms with Gasteiger partial charge >= 0.3 is 6.18 Å². The molecule has 3 N–H and O–H groups in total. The summed E-state index contributed by atoms with van der Waals surface area (Å²) in [7, 11) is 0. The molecule has 0 bridgehead atoms. The van der Waals surface area contributed by atoms with Crippen molar-refractivity contribution in [2.24, 2.45) is 5.73 Å². The first-order chi connectivity index (χ1) is 11.6. The van der Waals surface area contributed by atoms with Crippen LogP contribution in [0.2, 0.25) is 0 Å². The Bertz CT molecular complexity index is 733. The van der Waals surface area contributed by atoms with Gasteiger partial charge in [-0.1, -0.05) is 48.5 Å². The molecule has 0 heterocycles. The minimum absolute atomic E-state index is 0. The number of rotatable bonds is 5. The van der Waals surface area contributed by atoms with Gasteiger partial charge in [-0.3, -0.25) is 4.79 Å². The van der Waals surface area contributed by atoms with Crippen molar-refractivity contribution < 1.29 is 18.0 Å². The van der Waals surface area contributed by atoms with Gasteiger partial charge < -0.3 is 11.1 Å². The van der Waals surface area contributed by atoms with Gasteiger partial charge in [-0.2, -0.15) is 13.2 Å². The Morgan fingerprint density at radius 3 is 2.19 bits per heavy atom. The van der Waals surface area contributed by atoms with E-state index in [2.05, 4.69) is 5.32 Å². The number of amides is 1. The second-order valence-corrected chi connectivity index (χ2v) is 6.43. The standard InChI is InChI=1S/C19H21F3N2O.ClH/c1-18(2,14-9-6-10-15(11-14)19(20,21)22)17(25)24-12-16(23)13-7-4-3-5-8-13;/h3-11,16H,12,23H2,1-2H3,(H,24,25);1H. The van der Waals surface area contributed by atoms with Gasteiger partial charge in [0.25, 0.3) is 0 Å². The van der Waals surface area contributed by atoms with Crippen molar-refractivity contribution in [1.82, 2.24) is 5.32 Å². The lowest BCUT2D eigenvalue weighted by Crippen LogP contribution is -2.43. The van der Waals surface area contributed by atoms with Crippen molar-refractivity contribution in [3.05, 3.63) is 71.3 Å². The summed E-state index contributed by atoms with van der Waals surface area (Å²) < 4.78 is 38.6. The maximum absolute atomic E-state index is 12.9. The molecular weight excluding hydrogens is 365 g/mol. The Hall–Kier alpha value is -2.05. The van der Waals surface area contributed by atoms with Crippen molar-refractivity contribution >= 4 is 18.3 Å². The number of hydrogen-bond donors (Lipinski definition) is 2. The summed E-state index contributed by atoms with van der Waals surface area (Å²) in [6.45, 7) is 3.38. The number of carbonyl (C=O) groups excluding carboxylic acids is 1. The van der Waals surface area contributed by atoms with Crippen LogP contribution >= 0.6 is 12.4 Å². The van der Waals surface area contributed by atoms with Gasteiger partial charge in [-0.25, -0.2) is 0 Å². The van der Waals surface area contributed by atoms with Crippen LogP contribution in [0.3, 0.4) is 0 Å². The van der Waals surface area contributed by atoms with Crippen molar-refractivity contribution in [2.75, 3.05) is 6.54 Å². The Morgan fingerprint density at radius 2 is 1.62 bits per heavy atom. The normalized spacial score (nSPS) is 12.8. The van der Waals surface area contributed by atoms with E-state index in [1.165, 1.54) is 12.1 Å². The maximum atomic E-state index is 12.9. The first-order valence-electron chi connectivity index (χ1n) is 7.89. The molecule has 0 fully saturated rings. The molecule has 1 atom stereocenters. The van der Waals surface area contributed by atoms with E-state index >= 15 is 0 Å². The van der Waals surface area contributed by atoms with Crippen LogP contribution in [0.5, 0.6) is 0 Å². The van der Waals surface area contributed by atoms with Crippen LogP contribution in [0, 0.1) is 0 Å². The quantitative estimate of drug-likeness (QED) is 0.808. The molecule has 26 heavy (non-hydrogen) atoms. The molecule has 1 unspecified atom stereocenters. The van der Waals surface area contributed by atoms with Crippen LogP contribution in [-0.4, -0.2) is 12.5 Å². The van der Waals surface area contributed by atoms with E-state index in [-0.39, 0.29) is 30.9 Å². The Morgan fingerprint density at radius 1 is 1.04 bits per heavy atom. The highest BCUT2D eigenvalue weighted by Gasteiger charge is 2.34. The van der Waals surface area contributed by atoms with Crippen LogP contribution in [0.15, 0.2) is 54.6 Å². The fraction of sp³-hybridized carbons (Fsp3) is 0.316. The van der Waals surface area contributed by atoms with E-state index in [0.717, 1.165) is 17.7 Å². The molecule has 2 aromatic carbocycles. The Balaban J connectivity index is 0.00000338. The molecule has 1 amide bonds. The fourth-order valence-electron chi connectivity index (χ4n) is 2.46. The number of hydrogen-bond acceptors (Lipinski definition) is 2. The molecule has 0 aliphatic rings. The summed E-state index contributed by atoms with van der Waals surface area (Å²) in [6, 6.07) is 13.7. The highest BCUT2D eigenvalue weighted by atomic mass is 35.5. The average Bonchev–Trinajstić information content (AvgIpc) is 2.59. The van der Waals surface area contributed by atoms with Crippen molar-refractivity contribution in [1.29, 1.82) is 0 Å². The molecule has 0 aliphatic heterocycles. The molecule has 7 heteroatoms. The van der Waals surface area contributed by atoms with E-state index in [0.29, 0.717) is 5.56 Å². The van der Waals surface area contributed by atoms with Gasteiger partial charge in [0.15, 0.2) is 0 Å². The minimum Gasteiger partial charge on any atom is -0.353 e. The monoisotopic (exact) mass is 386 g/mol. The first-order valence-corrected chi connectivity index (χ1v) is 7.89. The van der Waals surface area contributed by atoms with E-state index in [9.17, 15) is 18.0 Å². The minimum atomic E-state index is -4.45. The SMILES string of the molecule is CC(C)(C(=O)NCC(N)c1ccccc1)c1cccc(C(F)(F)F)c1.Cl. The molecule has 142 valence electrons. The van der Waals surface area contributed by atoms with Gasteiger partial charge in [0.1, 0.15) is 0 Å². The van der Waals surface area contributed by atoms with E-state index in [1.807, 2.05) is 30.3 Å². The predicted molar refractivity (Wildman–Crippen MR) is 98.1 cm³/mol. The third kappa shape index (κ3) is 5.22. The van der Waals surface area contributed by atoms with Crippen LogP contribution in [0.25, 0.3) is 0 Å². The maximum Gasteiger partial charge on any atom is 0.416 e. The van der Waals surface area contributed by atoms with Gasteiger partial charge in [0.2, 0.25) is 5.91 Å². The Kier molecular flexibility index (Phi) is 7.24. The highest BCUT2D eigenvalue weighted by Crippen LogP contribution is 2.32. The second-order valence-electron chi connectivity index (χ2n) is 6.43. The lowest BCUT2D eigenvalue weighted by Gasteiger charge is -2.26.